The van der Waals surface area contributed by atoms with Gasteiger partial charge in [0.2, 0.25) is 5.91 Å². The van der Waals surface area contributed by atoms with Gasteiger partial charge in [0.25, 0.3) is 5.91 Å². The van der Waals surface area contributed by atoms with Crippen molar-refractivity contribution in [2.45, 2.75) is 43.4 Å². The second-order valence-corrected chi connectivity index (χ2v) is 10.2. The zero-order chi connectivity index (χ0) is 29.1. The van der Waals surface area contributed by atoms with E-state index in [1.165, 1.54) is 48.5 Å². The second kappa shape index (κ2) is 12.0. The molecule has 0 spiro atoms. The van der Waals surface area contributed by atoms with Crippen LogP contribution >= 0.6 is 0 Å². The van der Waals surface area contributed by atoms with Crippen LogP contribution in [0.25, 0.3) is 0 Å². The Morgan fingerprint density at radius 1 is 1.02 bits per heavy atom. The van der Waals surface area contributed by atoms with Crippen molar-refractivity contribution >= 4 is 23.5 Å². The number of hydrogen-bond acceptors (Lipinski definition) is 6. The monoisotopic (exact) mass is 565 g/mol. The van der Waals surface area contributed by atoms with E-state index >= 15 is 0 Å². The molecule has 0 aromatic heterocycles. The zero-order valence-electron chi connectivity index (χ0n) is 21.9. The fourth-order valence-corrected chi connectivity index (χ4v) is 4.68. The van der Waals surface area contributed by atoms with Crippen LogP contribution in [0.4, 0.5) is 19.3 Å². The smallest absolute Gasteiger partial charge is 0.325 e. The SMILES string of the molecule is O=C(Nc1ccc(C2CC2)cc1F)[C@H](Cc1ccc(F)cc1)N1C(=O)N[C@H](c2ccc(OC[C@@H](O)CO)cc2)C1=O. The number of hydrogen-bond donors (Lipinski definition) is 4. The predicted octanol–water partition coefficient (Wildman–Crippen LogP) is 3.42. The molecule has 3 aromatic carbocycles. The normalized spacial score (nSPS) is 18.1. The molecule has 3 atom stereocenters. The van der Waals surface area contributed by atoms with Crippen LogP contribution in [0.3, 0.4) is 0 Å². The minimum absolute atomic E-state index is 0.0750. The Balaban J connectivity index is 1.36. The number of halogens is 2. The van der Waals surface area contributed by atoms with Crippen molar-refractivity contribution in [2.75, 3.05) is 18.5 Å². The summed E-state index contributed by atoms with van der Waals surface area (Å²) < 4.78 is 33.7. The summed E-state index contributed by atoms with van der Waals surface area (Å²) in [5.41, 5.74) is 1.69. The van der Waals surface area contributed by atoms with E-state index in [-0.39, 0.29) is 18.7 Å². The lowest BCUT2D eigenvalue weighted by Gasteiger charge is -2.25. The number of urea groups is 1. The first-order valence-corrected chi connectivity index (χ1v) is 13.2. The average molecular weight is 566 g/mol. The number of carbonyl (C=O) groups excluding carboxylic acids is 3. The predicted molar refractivity (Wildman–Crippen MR) is 144 cm³/mol. The van der Waals surface area contributed by atoms with Gasteiger partial charge in [-0.3, -0.25) is 9.59 Å². The Bertz CT molecular complexity index is 1430. The third kappa shape index (κ3) is 6.53. The van der Waals surface area contributed by atoms with Gasteiger partial charge in [-0.2, -0.15) is 0 Å². The largest absolute Gasteiger partial charge is 0.491 e. The first-order valence-electron chi connectivity index (χ1n) is 13.2. The van der Waals surface area contributed by atoms with Gasteiger partial charge in [0.1, 0.15) is 42.2 Å². The average Bonchev–Trinajstić information content (AvgIpc) is 3.78. The molecule has 11 heteroatoms. The molecule has 2 aliphatic rings. The summed E-state index contributed by atoms with van der Waals surface area (Å²) in [7, 11) is 0. The number of anilines is 1. The molecule has 1 heterocycles. The van der Waals surface area contributed by atoms with E-state index in [9.17, 15) is 28.3 Å². The first kappa shape index (κ1) is 28.2. The molecule has 1 aliphatic carbocycles. The van der Waals surface area contributed by atoms with Crippen molar-refractivity contribution in [3.05, 3.63) is 95.1 Å². The van der Waals surface area contributed by atoms with Crippen LogP contribution in [0.1, 0.15) is 41.5 Å². The molecular weight excluding hydrogens is 536 g/mol. The van der Waals surface area contributed by atoms with Crippen molar-refractivity contribution in [3.8, 4) is 5.75 Å². The van der Waals surface area contributed by atoms with Crippen LogP contribution in [0.2, 0.25) is 0 Å². The number of nitrogens with zero attached hydrogens (tertiary/aromatic N) is 1. The number of aliphatic hydroxyl groups excluding tert-OH is 2. The number of rotatable bonds is 11. The van der Waals surface area contributed by atoms with Gasteiger partial charge in [0.05, 0.1) is 12.3 Å². The van der Waals surface area contributed by atoms with Crippen LogP contribution in [-0.2, 0) is 16.0 Å². The lowest BCUT2D eigenvalue weighted by molar-refractivity contribution is -0.134. The molecule has 214 valence electrons. The van der Waals surface area contributed by atoms with Gasteiger partial charge in [-0.1, -0.05) is 30.3 Å². The molecule has 1 saturated carbocycles. The lowest BCUT2D eigenvalue weighted by Crippen LogP contribution is -2.49. The van der Waals surface area contributed by atoms with Gasteiger partial charge < -0.3 is 25.6 Å². The van der Waals surface area contributed by atoms with Crippen LogP contribution in [0.15, 0.2) is 66.7 Å². The van der Waals surface area contributed by atoms with Crippen LogP contribution in [0, 0.1) is 11.6 Å². The third-order valence-corrected chi connectivity index (χ3v) is 7.09. The molecule has 0 bridgehead atoms. The van der Waals surface area contributed by atoms with E-state index in [0.29, 0.717) is 22.8 Å². The zero-order valence-corrected chi connectivity index (χ0v) is 21.9. The molecule has 0 radical (unpaired) electrons. The Labute approximate surface area is 234 Å². The van der Waals surface area contributed by atoms with E-state index in [2.05, 4.69) is 10.6 Å². The van der Waals surface area contributed by atoms with E-state index in [4.69, 9.17) is 9.84 Å². The summed E-state index contributed by atoms with van der Waals surface area (Å²) in [4.78, 5) is 40.9. The van der Waals surface area contributed by atoms with Gasteiger partial charge in [-0.05, 0) is 71.8 Å². The minimum Gasteiger partial charge on any atom is -0.491 e. The highest BCUT2D eigenvalue weighted by Crippen LogP contribution is 2.40. The molecule has 41 heavy (non-hydrogen) atoms. The first-order chi connectivity index (χ1) is 19.7. The molecule has 2 fully saturated rings. The number of aliphatic hydroxyl groups is 2. The second-order valence-electron chi connectivity index (χ2n) is 10.2. The Morgan fingerprint density at radius 2 is 1.71 bits per heavy atom. The number of amides is 4. The highest BCUT2D eigenvalue weighted by Gasteiger charge is 2.45. The number of nitrogens with one attached hydrogen (secondary N) is 2. The number of benzene rings is 3. The van der Waals surface area contributed by atoms with Gasteiger partial charge >= 0.3 is 6.03 Å². The topological polar surface area (TPSA) is 128 Å². The lowest BCUT2D eigenvalue weighted by atomic mass is 10.0. The molecule has 4 amide bonds. The van der Waals surface area contributed by atoms with Crippen molar-refractivity contribution in [1.82, 2.24) is 10.2 Å². The van der Waals surface area contributed by atoms with E-state index in [0.717, 1.165) is 23.3 Å². The van der Waals surface area contributed by atoms with Crippen molar-refractivity contribution in [3.63, 3.8) is 0 Å². The van der Waals surface area contributed by atoms with E-state index in [1.807, 2.05) is 0 Å². The summed E-state index contributed by atoms with van der Waals surface area (Å²) in [6.07, 6.45) is 0.800. The van der Waals surface area contributed by atoms with Gasteiger partial charge in [-0.25, -0.2) is 18.5 Å². The maximum Gasteiger partial charge on any atom is 0.325 e. The van der Waals surface area contributed by atoms with Crippen LogP contribution in [-0.4, -0.2) is 58.3 Å². The van der Waals surface area contributed by atoms with Crippen molar-refractivity contribution in [1.29, 1.82) is 0 Å². The van der Waals surface area contributed by atoms with Gasteiger partial charge in [0, 0.05) is 6.42 Å². The number of ether oxygens (including phenoxy) is 1. The molecule has 0 unspecified atom stereocenters. The highest BCUT2D eigenvalue weighted by atomic mass is 19.1. The Morgan fingerprint density at radius 3 is 2.34 bits per heavy atom. The quantitative estimate of drug-likeness (QED) is 0.264. The molecule has 4 N–H and O–H groups in total. The van der Waals surface area contributed by atoms with E-state index < -0.39 is 54.3 Å². The van der Waals surface area contributed by atoms with Crippen molar-refractivity contribution in [2.24, 2.45) is 0 Å². The summed E-state index contributed by atoms with van der Waals surface area (Å²) >= 11 is 0. The fraction of sp³-hybridized carbons (Fsp3) is 0.300. The molecule has 5 rings (SSSR count). The number of imide groups is 1. The molecule has 9 nitrogen and oxygen atoms in total. The third-order valence-electron chi connectivity index (χ3n) is 7.09. The summed E-state index contributed by atoms with van der Waals surface area (Å²) in [6.45, 7) is -0.589. The van der Waals surface area contributed by atoms with Gasteiger partial charge in [0.15, 0.2) is 0 Å². The van der Waals surface area contributed by atoms with Gasteiger partial charge in [-0.15, -0.1) is 0 Å². The number of carbonyl (C=O) groups is 3. The minimum atomic E-state index is -1.36. The Hall–Kier alpha value is -4.35. The van der Waals surface area contributed by atoms with Crippen LogP contribution in [0.5, 0.6) is 5.75 Å². The van der Waals surface area contributed by atoms with E-state index in [1.54, 1.807) is 18.2 Å². The Kier molecular flexibility index (Phi) is 8.27. The molecule has 3 aromatic rings. The molecule has 1 saturated heterocycles. The van der Waals surface area contributed by atoms with Crippen molar-refractivity contribution < 1.29 is 38.1 Å². The maximum absolute atomic E-state index is 14.8. The molecule has 1 aliphatic heterocycles. The summed E-state index contributed by atoms with van der Waals surface area (Å²) in [5.74, 6) is -1.88. The maximum atomic E-state index is 14.8. The summed E-state index contributed by atoms with van der Waals surface area (Å²) in [6, 6.07) is 12.8. The summed E-state index contributed by atoms with van der Waals surface area (Å²) in [5, 5.41) is 23.5. The van der Waals surface area contributed by atoms with Crippen LogP contribution < -0.4 is 15.4 Å². The molecular formula is C30H29F2N3O6. The fourth-order valence-electron chi connectivity index (χ4n) is 4.68. The standard InChI is InChI=1S/C30H29F2N3O6/c31-21-8-1-17(2-9-21)13-26(28(38)33-25-12-7-20(14-24(25)32)18-3-4-18)35-29(39)27(34-30(35)40)19-5-10-23(11-6-19)41-16-22(37)15-36/h1-2,5-12,14,18,22,26-27,36-37H,3-4,13,15-16H2,(H,33,38)(H,34,40)/t22-,26-,27+/m0/s1. The highest BCUT2D eigenvalue weighted by molar-refractivity contribution is 6.09.